The van der Waals surface area contributed by atoms with Gasteiger partial charge < -0.3 is 9.30 Å². The van der Waals surface area contributed by atoms with Crippen molar-refractivity contribution in [3.05, 3.63) is 40.9 Å². The zero-order chi connectivity index (χ0) is 16.4. The molecule has 6 nitrogen and oxygen atoms in total. The van der Waals surface area contributed by atoms with Gasteiger partial charge in [-0.3, -0.25) is 19.7 Å². The van der Waals surface area contributed by atoms with E-state index in [0.29, 0.717) is 17.9 Å². The Balaban J connectivity index is 1.93. The number of hydrogen-bond acceptors (Lipinski definition) is 5. The smallest absolute Gasteiger partial charge is 0.307 e. The van der Waals surface area contributed by atoms with Gasteiger partial charge in [-0.05, 0) is 35.5 Å². The SMILES string of the molecule is COC(=O)CCn1ccc2c(/C=C3\SC(=O)NC3=O)cccc21. The molecular formula is C16H14N2O4S. The van der Waals surface area contributed by atoms with Crippen molar-refractivity contribution in [3.8, 4) is 0 Å². The van der Waals surface area contributed by atoms with Crippen molar-refractivity contribution in [3.63, 3.8) is 0 Å². The Kier molecular flexibility index (Phi) is 4.20. The van der Waals surface area contributed by atoms with Crippen LogP contribution in [0.15, 0.2) is 35.4 Å². The summed E-state index contributed by atoms with van der Waals surface area (Å²) in [4.78, 5) is 34.6. The van der Waals surface area contributed by atoms with Gasteiger partial charge in [-0.15, -0.1) is 0 Å². The number of benzene rings is 1. The van der Waals surface area contributed by atoms with Crippen LogP contribution in [0.5, 0.6) is 0 Å². The molecule has 0 radical (unpaired) electrons. The average molecular weight is 330 g/mol. The minimum absolute atomic E-state index is 0.261. The highest BCUT2D eigenvalue weighted by Crippen LogP contribution is 2.29. The number of carbonyl (C=O) groups is 3. The second kappa shape index (κ2) is 6.29. The van der Waals surface area contributed by atoms with Gasteiger partial charge >= 0.3 is 5.97 Å². The van der Waals surface area contributed by atoms with Gasteiger partial charge in [0.15, 0.2) is 0 Å². The van der Waals surface area contributed by atoms with E-state index in [1.807, 2.05) is 35.0 Å². The fourth-order valence-electron chi connectivity index (χ4n) is 2.44. The average Bonchev–Trinajstić information content (AvgIpc) is 3.09. The lowest BCUT2D eigenvalue weighted by atomic mass is 10.1. The van der Waals surface area contributed by atoms with Crippen molar-refractivity contribution < 1.29 is 19.1 Å². The summed E-state index contributed by atoms with van der Waals surface area (Å²) in [5.41, 5.74) is 1.81. The molecule has 2 aromatic rings. The van der Waals surface area contributed by atoms with Crippen molar-refractivity contribution in [1.29, 1.82) is 0 Å². The van der Waals surface area contributed by atoms with E-state index in [1.54, 1.807) is 6.08 Å². The molecule has 0 saturated carbocycles. The molecule has 23 heavy (non-hydrogen) atoms. The molecule has 1 aromatic heterocycles. The van der Waals surface area contributed by atoms with E-state index < -0.39 is 0 Å². The summed E-state index contributed by atoms with van der Waals surface area (Å²) in [6.07, 6.45) is 3.89. The molecule has 1 aliphatic heterocycles. The third-order valence-corrected chi connectivity index (χ3v) is 4.37. The molecule has 118 valence electrons. The number of amides is 2. The van der Waals surface area contributed by atoms with Gasteiger partial charge in [0, 0.05) is 23.6 Å². The maximum Gasteiger partial charge on any atom is 0.307 e. The highest BCUT2D eigenvalue weighted by atomic mass is 32.2. The molecule has 1 N–H and O–H groups in total. The first kappa shape index (κ1) is 15.4. The number of nitrogens with zero attached hydrogens (tertiary/aromatic N) is 1. The molecule has 1 aromatic carbocycles. The fraction of sp³-hybridized carbons (Fsp3) is 0.188. The van der Waals surface area contributed by atoms with Gasteiger partial charge in [0.05, 0.1) is 18.4 Å². The number of aryl methyl sites for hydroxylation is 1. The Hall–Kier alpha value is -2.54. The topological polar surface area (TPSA) is 77.4 Å². The number of hydrogen-bond donors (Lipinski definition) is 1. The molecule has 0 atom stereocenters. The van der Waals surface area contributed by atoms with E-state index in [-0.39, 0.29) is 17.1 Å². The molecule has 0 bridgehead atoms. The number of methoxy groups -OCH3 is 1. The Labute approximate surface area is 136 Å². The van der Waals surface area contributed by atoms with Crippen molar-refractivity contribution in [1.82, 2.24) is 9.88 Å². The molecule has 2 amide bonds. The Morgan fingerprint density at radius 2 is 2.17 bits per heavy atom. The van der Waals surface area contributed by atoms with Crippen LogP contribution in [0.3, 0.4) is 0 Å². The molecule has 1 saturated heterocycles. The van der Waals surface area contributed by atoms with E-state index in [4.69, 9.17) is 0 Å². The zero-order valence-electron chi connectivity index (χ0n) is 12.4. The number of rotatable bonds is 4. The van der Waals surface area contributed by atoms with E-state index in [9.17, 15) is 14.4 Å². The van der Waals surface area contributed by atoms with Crippen molar-refractivity contribution in [2.75, 3.05) is 7.11 Å². The molecule has 0 spiro atoms. The van der Waals surface area contributed by atoms with Crippen molar-refractivity contribution in [2.45, 2.75) is 13.0 Å². The Morgan fingerprint density at radius 1 is 1.35 bits per heavy atom. The van der Waals surface area contributed by atoms with Crippen molar-refractivity contribution >= 4 is 45.9 Å². The molecule has 0 unspecified atom stereocenters. The standard InChI is InChI=1S/C16H14N2O4S/c1-22-14(19)6-8-18-7-5-11-10(3-2-4-12(11)18)9-13-15(20)17-16(21)23-13/h2-5,7,9H,6,8H2,1H3,(H,17,20,21)/b13-9-. The quantitative estimate of drug-likeness (QED) is 0.688. The second-order valence-electron chi connectivity index (χ2n) is 4.97. The Bertz CT molecular complexity index is 838. The van der Waals surface area contributed by atoms with Crippen LogP contribution in [0.25, 0.3) is 17.0 Å². The van der Waals surface area contributed by atoms with Crippen LogP contribution >= 0.6 is 11.8 Å². The molecule has 3 rings (SSSR count). The first-order valence-corrected chi connectivity index (χ1v) is 7.79. The second-order valence-corrected chi connectivity index (χ2v) is 5.98. The minimum atomic E-state index is -0.373. The predicted octanol–water partition coefficient (Wildman–Crippen LogP) is 2.53. The van der Waals surface area contributed by atoms with E-state index in [1.165, 1.54) is 7.11 Å². The van der Waals surface area contributed by atoms with E-state index in [0.717, 1.165) is 28.2 Å². The minimum Gasteiger partial charge on any atom is -0.469 e. The monoisotopic (exact) mass is 330 g/mol. The number of carbonyl (C=O) groups excluding carboxylic acids is 3. The maximum absolute atomic E-state index is 11.7. The number of fused-ring (bicyclic) bond motifs is 1. The highest BCUT2D eigenvalue weighted by Gasteiger charge is 2.25. The van der Waals surface area contributed by atoms with Crippen LogP contribution in [0.2, 0.25) is 0 Å². The summed E-state index contributed by atoms with van der Waals surface area (Å²) in [5, 5.41) is 2.84. The normalized spacial score (nSPS) is 16.1. The summed E-state index contributed by atoms with van der Waals surface area (Å²) < 4.78 is 6.61. The molecule has 1 fully saturated rings. The number of ether oxygens (including phenoxy) is 1. The molecule has 1 aliphatic rings. The zero-order valence-corrected chi connectivity index (χ0v) is 13.2. The van der Waals surface area contributed by atoms with Crippen LogP contribution in [-0.4, -0.2) is 28.8 Å². The number of nitrogens with one attached hydrogen (secondary N) is 1. The van der Waals surface area contributed by atoms with Gasteiger partial charge in [0.1, 0.15) is 0 Å². The summed E-state index contributed by atoms with van der Waals surface area (Å²) in [5.74, 6) is -0.634. The predicted molar refractivity (Wildman–Crippen MR) is 87.7 cm³/mol. The first-order valence-electron chi connectivity index (χ1n) is 6.98. The van der Waals surface area contributed by atoms with Crippen LogP contribution in [0.4, 0.5) is 4.79 Å². The summed E-state index contributed by atoms with van der Waals surface area (Å²) >= 11 is 0.895. The summed E-state index contributed by atoms with van der Waals surface area (Å²) in [6.45, 7) is 0.518. The van der Waals surface area contributed by atoms with Gasteiger partial charge in [-0.1, -0.05) is 12.1 Å². The number of aromatic nitrogens is 1. The lowest BCUT2D eigenvalue weighted by Crippen LogP contribution is -2.17. The fourth-order valence-corrected chi connectivity index (χ4v) is 3.12. The molecule has 2 heterocycles. The van der Waals surface area contributed by atoms with Crippen LogP contribution in [0.1, 0.15) is 12.0 Å². The molecule has 7 heteroatoms. The number of thioether (sulfide) groups is 1. The lowest BCUT2D eigenvalue weighted by molar-refractivity contribution is -0.140. The molecular weight excluding hydrogens is 316 g/mol. The van der Waals surface area contributed by atoms with Crippen molar-refractivity contribution in [2.24, 2.45) is 0 Å². The Morgan fingerprint density at radius 3 is 2.87 bits per heavy atom. The van der Waals surface area contributed by atoms with Crippen LogP contribution in [-0.2, 0) is 20.9 Å². The van der Waals surface area contributed by atoms with Crippen LogP contribution < -0.4 is 5.32 Å². The first-order chi connectivity index (χ1) is 11.1. The van der Waals surface area contributed by atoms with E-state index in [2.05, 4.69) is 10.1 Å². The third kappa shape index (κ3) is 3.14. The van der Waals surface area contributed by atoms with E-state index >= 15 is 0 Å². The highest BCUT2D eigenvalue weighted by molar-refractivity contribution is 8.18. The lowest BCUT2D eigenvalue weighted by Gasteiger charge is -2.05. The number of esters is 1. The van der Waals surface area contributed by atoms with Gasteiger partial charge in [-0.2, -0.15) is 0 Å². The maximum atomic E-state index is 11.7. The third-order valence-electron chi connectivity index (χ3n) is 3.56. The molecule has 0 aliphatic carbocycles. The largest absolute Gasteiger partial charge is 0.469 e. The van der Waals surface area contributed by atoms with Gasteiger partial charge in [0.2, 0.25) is 0 Å². The van der Waals surface area contributed by atoms with Gasteiger partial charge in [-0.25, -0.2) is 0 Å². The van der Waals surface area contributed by atoms with Crippen LogP contribution in [0, 0.1) is 0 Å². The summed E-state index contributed by atoms with van der Waals surface area (Å²) in [7, 11) is 1.37. The summed E-state index contributed by atoms with van der Waals surface area (Å²) in [6, 6.07) is 7.64. The van der Waals surface area contributed by atoms with Gasteiger partial charge in [0.25, 0.3) is 11.1 Å². The number of imide groups is 1.